The first-order valence-corrected chi connectivity index (χ1v) is 10.1. The summed E-state index contributed by atoms with van der Waals surface area (Å²) in [5.41, 5.74) is 2.02. The van der Waals surface area contributed by atoms with E-state index in [1.807, 2.05) is 45.0 Å². The minimum atomic E-state index is -0.400. The highest BCUT2D eigenvalue weighted by molar-refractivity contribution is 6.04. The molecule has 0 radical (unpaired) electrons. The van der Waals surface area contributed by atoms with E-state index in [0.717, 1.165) is 5.56 Å². The van der Waals surface area contributed by atoms with Crippen molar-refractivity contribution < 1.29 is 23.8 Å². The lowest BCUT2D eigenvalue weighted by Crippen LogP contribution is -2.15. The summed E-state index contributed by atoms with van der Waals surface area (Å²) in [5.74, 6) is 0.695. The average molecular weight is 435 g/mol. The number of anilines is 1. The normalized spacial score (nSPS) is 10.5. The third-order valence-electron chi connectivity index (χ3n) is 4.25. The van der Waals surface area contributed by atoms with Crippen LogP contribution in [0.15, 0.2) is 54.7 Å². The zero-order valence-corrected chi connectivity index (χ0v) is 18.4. The van der Waals surface area contributed by atoms with Gasteiger partial charge >= 0.3 is 5.97 Å². The fourth-order valence-electron chi connectivity index (χ4n) is 2.80. The summed E-state index contributed by atoms with van der Waals surface area (Å²) in [6.45, 7) is 5.70. The van der Waals surface area contributed by atoms with Crippen LogP contribution in [0.3, 0.4) is 0 Å². The van der Waals surface area contributed by atoms with Crippen LogP contribution in [0.1, 0.15) is 35.3 Å². The molecule has 2 aromatic heterocycles. The maximum absolute atomic E-state index is 12.9. The number of nitrogens with one attached hydrogen (secondary N) is 1. The van der Waals surface area contributed by atoms with Crippen molar-refractivity contribution in [2.45, 2.75) is 33.3 Å². The van der Waals surface area contributed by atoms with Gasteiger partial charge < -0.3 is 19.5 Å². The van der Waals surface area contributed by atoms with Crippen LogP contribution in [0.25, 0.3) is 0 Å². The van der Waals surface area contributed by atoms with Crippen molar-refractivity contribution in [2.24, 2.45) is 0 Å². The number of methoxy groups -OCH3 is 1. The van der Waals surface area contributed by atoms with Gasteiger partial charge in [-0.25, -0.2) is 4.98 Å². The van der Waals surface area contributed by atoms with Gasteiger partial charge in [0.15, 0.2) is 0 Å². The summed E-state index contributed by atoms with van der Waals surface area (Å²) in [4.78, 5) is 32.8. The molecule has 0 unspecified atom stereocenters. The van der Waals surface area contributed by atoms with Crippen molar-refractivity contribution in [2.75, 3.05) is 12.4 Å². The summed E-state index contributed by atoms with van der Waals surface area (Å²) >= 11 is 0. The van der Waals surface area contributed by atoms with E-state index in [2.05, 4.69) is 20.0 Å². The lowest BCUT2D eigenvalue weighted by Gasteiger charge is -2.13. The molecule has 0 aliphatic rings. The van der Waals surface area contributed by atoms with Gasteiger partial charge in [-0.15, -0.1) is 0 Å². The number of ether oxygens (including phenoxy) is 3. The van der Waals surface area contributed by atoms with Gasteiger partial charge in [0, 0.05) is 18.3 Å². The maximum Gasteiger partial charge on any atom is 0.310 e. The molecule has 0 spiro atoms. The standard InChI is InChI=1S/C24H25N3O5/c1-15(2)31-21-12-18(13-22(27-21)32-19-7-5-6-16(3)10-19)24(29)26-20-9-8-17(14-25-20)11-23(28)30-4/h5-10,12-15H,11H2,1-4H3,(H,25,26,29). The Bertz CT molecular complexity index is 1100. The Kier molecular flexibility index (Phi) is 7.38. The van der Waals surface area contributed by atoms with Crippen LogP contribution in [0.4, 0.5) is 5.82 Å². The first-order valence-electron chi connectivity index (χ1n) is 10.1. The zero-order chi connectivity index (χ0) is 23.1. The topological polar surface area (TPSA) is 99.6 Å². The lowest BCUT2D eigenvalue weighted by molar-refractivity contribution is -0.139. The summed E-state index contributed by atoms with van der Waals surface area (Å²) in [6.07, 6.45) is 1.49. The molecule has 0 atom stereocenters. The van der Waals surface area contributed by atoms with Crippen molar-refractivity contribution in [1.82, 2.24) is 9.97 Å². The summed E-state index contributed by atoms with van der Waals surface area (Å²) < 4.78 is 16.2. The quantitative estimate of drug-likeness (QED) is 0.526. The molecule has 0 aliphatic carbocycles. The number of aromatic nitrogens is 2. The maximum atomic E-state index is 12.9. The Balaban J connectivity index is 1.80. The van der Waals surface area contributed by atoms with Crippen molar-refractivity contribution in [3.8, 4) is 17.5 Å². The van der Waals surface area contributed by atoms with Gasteiger partial charge in [-0.05, 0) is 50.1 Å². The van der Waals surface area contributed by atoms with E-state index < -0.39 is 5.91 Å². The molecular weight excluding hydrogens is 410 g/mol. The number of carbonyl (C=O) groups is 2. The number of esters is 1. The monoisotopic (exact) mass is 435 g/mol. The van der Waals surface area contributed by atoms with Gasteiger partial charge in [-0.2, -0.15) is 4.98 Å². The molecule has 2 heterocycles. The highest BCUT2D eigenvalue weighted by Crippen LogP contribution is 2.25. The van der Waals surface area contributed by atoms with Gasteiger partial charge in [0.25, 0.3) is 5.91 Å². The van der Waals surface area contributed by atoms with Crippen molar-refractivity contribution >= 4 is 17.7 Å². The van der Waals surface area contributed by atoms with E-state index in [4.69, 9.17) is 9.47 Å². The molecule has 8 nitrogen and oxygen atoms in total. The molecule has 0 aliphatic heterocycles. The molecule has 0 bridgehead atoms. The van der Waals surface area contributed by atoms with Crippen LogP contribution in [0, 0.1) is 6.92 Å². The van der Waals surface area contributed by atoms with Crippen LogP contribution in [-0.4, -0.2) is 35.1 Å². The fourth-order valence-corrected chi connectivity index (χ4v) is 2.80. The van der Waals surface area contributed by atoms with E-state index in [1.54, 1.807) is 18.2 Å². The average Bonchev–Trinajstić information content (AvgIpc) is 2.74. The van der Waals surface area contributed by atoms with Gasteiger partial charge in [0.05, 0.1) is 25.2 Å². The number of benzene rings is 1. The number of aryl methyl sites for hydroxylation is 1. The number of hydrogen-bond acceptors (Lipinski definition) is 7. The number of pyridine rings is 2. The molecule has 1 N–H and O–H groups in total. The van der Waals surface area contributed by atoms with Crippen LogP contribution in [-0.2, 0) is 16.0 Å². The second-order valence-electron chi connectivity index (χ2n) is 7.38. The predicted octanol–water partition coefficient (Wildman–Crippen LogP) is 4.33. The molecule has 3 rings (SSSR count). The Hall–Kier alpha value is -3.94. The number of amides is 1. The summed E-state index contributed by atoms with van der Waals surface area (Å²) in [6, 6.07) is 13.9. The molecule has 8 heteroatoms. The summed E-state index contributed by atoms with van der Waals surface area (Å²) in [7, 11) is 1.33. The highest BCUT2D eigenvalue weighted by atomic mass is 16.5. The molecule has 0 saturated heterocycles. The predicted molar refractivity (Wildman–Crippen MR) is 119 cm³/mol. The number of rotatable bonds is 8. The van der Waals surface area contributed by atoms with Gasteiger partial charge in [0.1, 0.15) is 11.6 Å². The second-order valence-corrected chi connectivity index (χ2v) is 7.38. The molecule has 0 saturated carbocycles. The lowest BCUT2D eigenvalue weighted by atomic mass is 10.2. The molecular formula is C24H25N3O5. The number of carbonyl (C=O) groups excluding carboxylic acids is 2. The number of nitrogens with zero attached hydrogens (tertiary/aromatic N) is 2. The smallest absolute Gasteiger partial charge is 0.310 e. The Labute approximate surface area is 186 Å². The first-order chi connectivity index (χ1) is 15.3. The van der Waals surface area contributed by atoms with Crippen LogP contribution in [0.5, 0.6) is 17.5 Å². The van der Waals surface area contributed by atoms with E-state index in [0.29, 0.717) is 22.7 Å². The Morgan fingerprint density at radius 3 is 2.50 bits per heavy atom. The van der Waals surface area contributed by atoms with E-state index in [-0.39, 0.29) is 30.3 Å². The molecule has 32 heavy (non-hydrogen) atoms. The van der Waals surface area contributed by atoms with Gasteiger partial charge in [-0.3, -0.25) is 9.59 Å². The third kappa shape index (κ3) is 6.53. The molecule has 3 aromatic rings. The zero-order valence-electron chi connectivity index (χ0n) is 18.4. The van der Waals surface area contributed by atoms with Crippen molar-refractivity contribution in [3.63, 3.8) is 0 Å². The van der Waals surface area contributed by atoms with E-state index >= 15 is 0 Å². The SMILES string of the molecule is COC(=O)Cc1ccc(NC(=O)c2cc(Oc3cccc(C)c3)nc(OC(C)C)c2)nc1. The van der Waals surface area contributed by atoms with Gasteiger partial charge in [-0.1, -0.05) is 18.2 Å². The van der Waals surface area contributed by atoms with Crippen LogP contribution < -0.4 is 14.8 Å². The van der Waals surface area contributed by atoms with Crippen LogP contribution >= 0.6 is 0 Å². The summed E-state index contributed by atoms with van der Waals surface area (Å²) in [5, 5.41) is 2.73. The number of hydrogen-bond donors (Lipinski definition) is 1. The van der Waals surface area contributed by atoms with Crippen LogP contribution in [0.2, 0.25) is 0 Å². The Morgan fingerprint density at radius 2 is 1.84 bits per heavy atom. The van der Waals surface area contributed by atoms with Gasteiger partial charge in [0.2, 0.25) is 11.8 Å². The molecule has 1 aromatic carbocycles. The Morgan fingerprint density at radius 1 is 1.06 bits per heavy atom. The molecule has 0 fully saturated rings. The minimum Gasteiger partial charge on any atom is -0.475 e. The highest BCUT2D eigenvalue weighted by Gasteiger charge is 2.14. The fraction of sp³-hybridized carbons (Fsp3) is 0.250. The molecule has 166 valence electrons. The third-order valence-corrected chi connectivity index (χ3v) is 4.25. The van der Waals surface area contributed by atoms with E-state index in [1.165, 1.54) is 19.4 Å². The van der Waals surface area contributed by atoms with E-state index in [9.17, 15) is 9.59 Å². The minimum absolute atomic E-state index is 0.109. The van der Waals surface area contributed by atoms with Crippen molar-refractivity contribution in [3.05, 3.63) is 71.4 Å². The molecule has 1 amide bonds. The largest absolute Gasteiger partial charge is 0.475 e. The first kappa shape index (κ1) is 22.7. The second kappa shape index (κ2) is 10.4. The van der Waals surface area contributed by atoms with Crippen molar-refractivity contribution in [1.29, 1.82) is 0 Å².